The Morgan fingerprint density at radius 3 is 2.77 bits per heavy atom. The molecule has 1 N–H and O–H groups in total. The quantitative estimate of drug-likeness (QED) is 0.753. The average molecular weight is 199 g/mol. The molecule has 0 aliphatic heterocycles. The Kier molecular flexibility index (Phi) is 4.03. The van der Waals surface area contributed by atoms with Crippen LogP contribution in [-0.2, 0) is 0 Å². The van der Waals surface area contributed by atoms with E-state index in [4.69, 9.17) is 11.6 Å². The summed E-state index contributed by atoms with van der Waals surface area (Å²) in [6, 6.07) is 6.18. The minimum Gasteiger partial charge on any atom is -0.367 e. The van der Waals surface area contributed by atoms with Gasteiger partial charge in [0.25, 0.3) is 0 Å². The highest BCUT2D eigenvalue weighted by Crippen LogP contribution is 2.10. The molecule has 1 aromatic heterocycles. The highest BCUT2D eigenvalue weighted by atomic mass is 35.5. The minimum absolute atomic E-state index is 0.354. The fourth-order valence-electron chi connectivity index (χ4n) is 0.957. The van der Waals surface area contributed by atoms with Crippen molar-refractivity contribution in [2.45, 2.75) is 19.9 Å². The summed E-state index contributed by atoms with van der Waals surface area (Å²) < 4.78 is 0. The van der Waals surface area contributed by atoms with Crippen LogP contribution in [-0.4, -0.2) is 16.9 Å². The number of anilines is 1. The molecule has 0 saturated heterocycles. The normalized spacial score (nSPS) is 15.0. The van der Waals surface area contributed by atoms with E-state index in [0.29, 0.717) is 17.8 Å². The molecule has 0 saturated carbocycles. The van der Waals surface area contributed by atoms with Gasteiger partial charge in [-0.25, -0.2) is 4.98 Å². The zero-order valence-electron chi connectivity index (χ0n) is 8.00. The van der Waals surface area contributed by atoms with Gasteiger partial charge in [-0.2, -0.15) is 0 Å². The maximum Gasteiger partial charge on any atom is 0.126 e. The van der Waals surface area contributed by atoms with E-state index in [1.807, 2.05) is 18.2 Å². The molecule has 2 atom stereocenters. The number of pyridine rings is 1. The van der Waals surface area contributed by atoms with E-state index in [-0.39, 0.29) is 0 Å². The van der Waals surface area contributed by atoms with Gasteiger partial charge in [-0.1, -0.05) is 13.0 Å². The summed E-state index contributed by atoms with van der Waals surface area (Å²) in [6.45, 7) is 4.23. The van der Waals surface area contributed by atoms with Gasteiger partial charge in [0.05, 0.1) is 0 Å². The number of aromatic nitrogens is 1. The maximum absolute atomic E-state index is 5.75. The van der Waals surface area contributed by atoms with Crippen LogP contribution in [0.4, 0.5) is 5.82 Å². The van der Waals surface area contributed by atoms with Crippen molar-refractivity contribution >= 4 is 17.4 Å². The highest BCUT2D eigenvalue weighted by Gasteiger charge is 2.10. The predicted molar refractivity (Wildman–Crippen MR) is 57.2 cm³/mol. The van der Waals surface area contributed by atoms with Gasteiger partial charge in [0.15, 0.2) is 0 Å². The Morgan fingerprint density at radius 1 is 1.46 bits per heavy atom. The SMILES string of the molecule is CC(CCl)C(C)Nc1ccccn1. The smallest absolute Gasteiger partial charge is 0.126 e. The van der Waals surface area contributed by atoms with Crippen molar-refractivity contribution in [3.05, 3.63) is 24.4 Å². The average Bonchev–Trinajstić information content (AvgIpc) is 2.18. The third-order valence-electron chi connectivity index (χ3n) is 2.14. The Hall–Kier alpha value is -0.760. The monoisotopic (exact) mass is 198 g/mol. The van der Waals surface area contributed by atoms with E-state index in [9.17, 15) is 0 Å². The molecule has 2 nitrogen and oxygen atoms in total. The van der Waals surface area contributed by atoms with Crippen LogP contribution in [0.3, 0.4) is 0 Å². The van der Waals surface area contributed by atoms with Crippen molar-refractivity contribution in [1.82, 2.24) is 4.98 Å². The van der Waals surface area contributed by atoms with Crippen LogP contribution in [0.15, 0.2) is 24.4 Å². The molecule has 72 valence electrons. The second-order valence-corrected chi connectivity index (χ2v) is 3.59. The van der Waals surface area contributed by atoms with Crippen LogP contribution in [0, 0.1) is 5.92 Å². The number of nitrogens with one attached hydrogen (secondary N) is 1. The number of nitrogens with zero attached hydrogens (tertiary/aromatic N) is 1. The van der Waals surface area contributed by atoms with Crippen molar-refractivity contribution < 1.29 is 0 Å². The first-order chi connectivity index (χ1) is 6.24. The molecule has 0 radical (unpaired) electrons. The van der Waals surface area contributed by atoms with Gasteiger partial charge < -0.3 is 5.32 Å². The first-order valence-corrected chi connectivity index (χ1v) is 5.01. The lowest BCUT2D eigenvalue weighted by Crippen LogP contribution is -2.25. The molecular weight excluding hydrogens is 184 g/mol. The summed E-state index contributed by atoms with van der Waals surface area (Å²) >= 11 is 5.75. The Labute approximate surface area is 84.3 Å². The van der Waals surface area contributed by atoms with Crippen LogP contribution in [0.5, 0.6) is 0 Å². The Bertz CT molecular complexity index is 238. The standard InChI is InChI=1S/C10H15ClN2/c1-8(7-11)9(2)13-10-5-3-4-6-12-10/h3-6,8-9H,7H2,1-2H3,(H,12,13). The van der Waals surface area contributed by atoms with Crippen LogP contribution in [0.1, 0.15) is 13.8 Å². The fraction of sp³-hybridized carbons (Fsp3) is 0.500. The highest BCUT2D eigenvalue weighted by molar-refractivity contribution is 6.18. The van der Waals surface area contributed by atoms with Crippen molar-refractivity contribution in [2.75, 3.05) is 11.2 Å². The van der Waals surface area contributed by atoms with E-state index in [1.165, 1.54) is 0 Å². The number of alkyl halides is 1. The first-order valence-electron chi connectivity index (χ1n) is 4.47. The molecule has 0 bridgehead atoms. The summed E-state index contributed by atoms with van der Waals surface area (Å²) in [4.78, 5) is 4.18. The topological polar surface area (TPSA) is 24.9 Å². The number of halogens is 1. The van der Waals surface area contributed by atoms with Gasteiger partial charge in [-0.3, -0.25) is 0 Å². The molecule has 0 aliphatic rings. The molecule has 0 aliphatic carbocycles. The predicted octanol–water partition coefficient (Wildman–Crippen LogP) is 2.76. The zero-order valence-corrected chi connectivity index (χ0v) is 8.75. The lowest BCUT2D eigenvalue weighted by atomic mass is 10.1. The van der Waals surface area contributed by atoms with Crippen LogP contribution in [0.2, 0.25) is 0 Å². The fourth-order valence-corrected chi connectivity index (χ4v) is 1.22. The summed E-state index contributed by atoms with van der Waals surface area (Å²) in [5.74, 6) is 2.02. The van der Waals surface area contributed by atoms with E-state index < -0.39 is 0 Å². The number of hydrogen-bond acceptors (Lipinski definition) is 2. The van der Waals surface area contributed by atoms with E-state index >= 15 is 0 Å². The summed E-state index contributed by atoms with van der Waals surface area (Å²) in [7, 11) is 0. The molecule has 0 fully saturated rings. The molecule has 0 amide bonds. The van der Waals surface area contributed by atoms with Gasteiger partial charge in [0.1, 0.15) is 5.82 Å². The lowest BCUT2D eigenvalue weighted by molar-refractivity contribution is 0.564. The lowest BCUT2D eigenvalue weighted by Gasteiger charge is -2.19. The van der Waals surface area contributed by atoms with E-state index in [1.54, 1.807) is 6.20 Å². The second kappa shape index (κ2) is 5.07. The molecule has 1 aromatic rings. The molecule has 0 spiro atoms. The molecule has 2 unspecified atom stereocenters. The minimum atomic E-state index is 0.354. The van der Waals surface area contributed by atoms with Gasteiger partial charge >= 0.3 is 0 Å². The van der Waals surface area contributed by atoms with Gasteiger partial charge in [0.2, 0.25) is 0 Å². The number of hydrogen-bond donors (Lipinski definition) is 1. The van der Waals surface area contributed by atoms with Crippen LogP contribution in [0.25, 0.3) is 0 Å². The maximum atomic E-state index is 5.75. The second-order valence-electron chi connectivity index (χ2n) is 3.28. The zero-order chi connectivity index (χ0) is 9.68. The molecule has 1 rings (SSSR count). The van der Waals surface area contributed by atoms with Crippen LogP contribution >= 0.6 is 11.6 Å². The molecule has 0 aromatic carbocycles. The van der Waals surface area contributed by atoms with Crippen molar-refractivity contribution in [3.63, 3.8) is 0 Å². The Balaban J connectivity index is 2.50. The third-order valence-corrected chi connectivity index (χ3v) is 2.62. The van der Waals surface area contributed by atoms with E-state index in [0.717, 1.165) is 5.82 Å². The van der Waals surface area contributed by atoms with Gasteiger partial charge in [-0.05, 0) is 25.0 Å². The Morgan fingerprint density at radius 2 is 2.23 bits per heavy atom. The van der Waals surface area contributed by atoms with Crippen molar-refractivity contribution in [2.24, 2.45) is 5.92 Å². The van der Waals surface area contributed by atoms with Crippen molar-refractivity contribution in [3.8, 4) is 0 Å². The molecule has 1 heterocycles. The molecule has 3 heteroatoms. The van der Waals surface area contributed by atoms with Gasteiger partial charge in [-0.15, -0.1) is 11.6 Å². The number of rotatable bonds is 4. The molecule has 13 heavy (non-hydrogen) atoms. The van der Waals surface area contributed by atoms with Crippen molar-refractivity contribution in [1.29, 1.82) is 0 Å². The molecular formula is C10H15ClN2. The first kappa shape index (κ1) is 10.3. The van der Waals surface area contributed by atoms with Crippen LogP contribution < -0.4 is 5.32 Å². The summed E-state index contributed by atoms with van der Waals surface area (Å²) in [6.07, 6.45) is 1.78. The summed E-state index contributed by atoms with van der Waals surface area (Å²) in [5.41, 5.74) is 0. The largest absolute Gasteiger partial charge is 0.367 e. The van der Waals surface area contributed by atoms with Gasteiger partial charge in [0, 0.05) is 18.1 Å². The third kappa shape index (κ3) is 3.23. The van der Waals surface area contributed by atoms with E-state index in [2.05, 4.69) is 24.1 Å². The summed E-state index contributed by atoms with van der Waals surface area (Å²) in [5, 5.41) is 3.30.